The van der Waals surface area contributed by atoms with Crippen LogP contribution in [0.3, 0.4) is 0 Å². The zero-order chi connectivity index (χ0) is 20.4. The predicted octanol–water partition coefficient (Wildman–Crippen LogP) is 1.32. The molecule has 9 nitrogen and oxygen atoms in total. The molecule has 28 heavy (non-hydrogen) atoms. The summed E-state index contributed by atoms with van der Waals surface area (Å²) >= 11 is 0. The lowest BCUT2D eigenvalue weighted by Crippen LogP contribution is -2.28. The summed E-state index contributed by atoms with van der Waals surface area (Å²) in [5.41, 5.74) is 0.481. The number of hydrogen-bond acceptors (Lipinski definition) is 7. The normalized spacial score (nSPS) is 10.5. The monoisotopic (exact) mass is 390 g/mol. The number of carbonyl (C=O) groups excluding carboxylic acids is 1. The fourth-order valence-corrected chi connectivity index (χ4v) is 2.41. The van der Waals surface area contributed by atoms with Crippen molar-refractivity contribution >= 4 is 5.91 Å². The smallest absolute Gasteiger partial charge is 0.273 e. The van der Waals surface area contributed by atoms with E-state index in [1.54, 1.807) is 32.4 Å². The minimum Gasteiger partial charge on any atom is -0.493 e. The number of aromatic amines is 1. The SMILES string of the molecule is CCCOc1ccc(-c2nnc(CCC(=O)NCCOC)c(=O)[nH]2)cc1OC. The van der Waals surface area contributed by atoms with Crippen LogP contribution in [0.2, 0.25) is 0 Å². The number of aryl methyl sites for hydroxylation is 1. The van der Waals surface area contributed by atoms with Crippen molar-refractivity contribution in [2.75, 3.05) is 34.0 Å². The fourth-order valence-electron chi connectivity index (χ4n) is 2.41. The number of amides is 1. The summed E-state index contributed by atoms with van der Waals surface area (Å²) in [4.78, 5) is 26.7. The average molecular weight is 390 g/mol. The van der Waals surface area contributed by atoms with E-state index in [9.17, 15) is 9.59 Å². The van der Waals surface area contributed by atoms with E-state index < -0.39 is 0 Å². The molecule has 2 N–H and O–H groups in total. The first-order valence-electron chi connectivity index (χ1n) is 9.11. The highest BCUT2D eigenvalue weighted by atomic mass is 16.5. The molecule has 0 spiro atoms. The number of nitrogens with zero attached hydrogens (tertiary/aromatic N) is 2. The third-order valence-corrected chi connectivity index (χ3v) is 3.88. The van der Waals surface area contributed by atoms with Crippen LogP contribution in [0.15, 0.2) is 23.0 Å². The zero-order valence-corrected chi connectivity index (χ0v) is 16.4. The van der Waals surface area contributed by atoms with Gasteiger partial charge in [0.25, 0.3) is 5.56 Å². The molecule has 0 saturated carbocycles. The van der Waals surface area contributed by atoms with Gasteiger partial charge < -0.3 is 24.5 Å². The van der Waals surface area contributed by atoms with Gasteiger partial charge in [-0.05, 0) is 24.6 Å². The molecule has 0 atom stereocenters. The quantitative estimate of drug-likeness (QED) is 0.556. The maximum Gasteiger partial charge on any atom is 0.273 e. The first kappa shape index (κ1) is 21.4. The molecule has 152 valence electrons. The number of aromatic nitrogens is 3. The molecule has 0 aliphatic carbocycles. The maximum absolute atomic E-state index is 12.3. The molecule has 0 saturated heterocycles. The number of nitrogens with one attached hydrogen (secondary N) is 2. The number of rotatable bonds is 11. The second-order valence-corrected chi connectivity index (χ2v) is 6.01. The van der Waals surface area contributed by atoms with Crippen molar-refractivity contribution in [3.63, 3.8) is 0 Å². The Morgan fingerprint density at radius 1 is 1.18 bits per heavy atom. The molecule has 0 bridgehead atoms. The third kappa shape index (κ3) is 6.05. The Balaban J connectivity index is 2.07. The maximum atomic E-state index is 12.3. The van der Waals surface area contributed by atoms with Crippen molar-refractivity contribution in [2.24, 2.45) is 0 Å². The van der Waals surface area contributed by atoms with E-state index in [0.29, 0.717) is 42.6 Å². The molecule has 0 unspecified atom stereocenters. The first-order chi connectivity index (χ1) is 13.6. The summed E-state index contributed by atoms with van der Waals surface area (Å²) in [7, 11) is 3.11. The number of H-pyrrole nitrogens is 1. The van der Waals surface area contributed by atoms with Crippen LogP contribution in [0.5, 0.6) is 11.5 Å². The molecule has 0 radical (unpaired) electrons. The van der Waals surface area contributed by atoms with E-state index in [4.69, 9.17) is 14.2 Å². The minimum atomic E-state index is -0.375. The number of methoxy groups -OCH3 is 2. The summed E-state index contributed by atoms with van der Waals surface area (Å²) < 4.78 is 15.8. The van der Waals surface area contributed by atoms with Gasteiger partial charge in [0.05, 0.1) is 20.3 Å². The highest BCUT2D eigenvalue weighted by Crippen LogP contribution is 2.31. The van der Waals surface area contributed by atoms with Gasteiger partial charge in [0, 0.05) is 32.1 Å². The topological polar surface area (TPSA) is 115 Å². The van der Waals surface area contributed by atoms with Crippen molar-refractivity contribution in [1.82, 2.24) is 20.5 Å². The highest BCUT2D eigenvalue weighted by molar-refractivity contribution is 5.76. The van der Waals surface area contributed by atoms with Gasteiger partial charge in [-0.1, -0.05) is 6.92 Å². The van der Waals surface area contributed by atoms with Gasteiger partial charge >= 0.3 is 0 Å². The first-order valence-corrected chi connectivity index (χ1v) is 9.11. The Bertz CT molecular complexity index is 837. The lowest BCUT2D eigenvalue weighted by Gasteiger charge is -2.11. The van der Waals surface area contributed by atoms with Crippen LogP contribution in [0.4, 0.5) is 0 Å². The van der Waals surface area contributed by atoms with E-state index in [-0.39, 0.29) is 30.0 Å². The summed E-state index contributed by atoms with van der Waals surface area (Å²) in [5, 5.41) is 10.7. The van der Waals surface area contributed by atoms with E-state index >= 15 is 0 Å². The van der Waals surface area contributed by atoms with Crippen LogP contribution in [0.25, 0.3) is 11.4 Å². The molecule has 9 heteroatoms. The number of benzene rings is 1. The van der Waals surface area contributed by atoms with Gasteiger partial charge in [-0.3, -0.25) is 9.59 Å². The fraction of sp³-hybridized carbons (Fsp3) is 0.474. The predicted molar refractivity (Wildman–Crippen MR) is 104 cm³/mol. The van der Waals surface area contributed by atoms with Crippen LogP contribution < -0.4 is 20.3 Å². The lowest BCUT2D eigenvalue weighted by atomic mass is 10.2. The second-order valence-electron chi connectivity index (χ2n) is 6.01. The molecule has 0 fully saturated rings. The summed E-state index contributed by atoms with van der Waals surface area (Å²) in [5.74, 6) is 1.32. The summed E-state index contributed by atoms with van der Waals surface area (Å²) in [6.07, 6.45) is 1.24. The molecule has 0 aliphatic heterocycles. The van der Waals surface area contributed by atoms with Gasteiger partial charge in [-0.2, -0.15) is 0 Å². The summed E-state index contributed by atoms with van der Waals surface area (Å²) in [6.45, 7) is 3.47. The van der Waals surface area contributed by atoms with E-state index in [0.717, 1.165) is 6.42 Å². The number of hydrogen-bond donors (Lipinski definition) is 2. The number of carbonyl (C=O) groups is 1. The summed E-state index contributed by atoms with van der Waals surface area (Å²) in [6, 6.07) is 5.27. The molecule has 1 aromatic carbocycles. The lowest BCUT2D eigenvalue weighted by molar-refractivity contribution is -0.121. The standard InChI is InChI=1S/C19H26N4O5/c1-4-10-28-15-7-5-13(12-16(15)27-3)18-21-19(25)14(22-23-18)6-8-17(24)20-9-11-26-2/h5,7,12H,4,6,8-11H2,1-3H3,(H,20,24)(H,21,23,25). The Labute approximate surface area is 163 Å². The van der Waals surface area contributed by atoms with E-state index in [1.807, 2.05) is 6.92 Å². The van der Waals surface area contributed by atoms with Crippen LogP contribution in [-0.4, -0.2) is 55.1 Å². The molecular formula is C19H26N4O5. The molecule has 1 heterocycles. The van der Waals surface area contributed by atoms with Crippen LogP contribution in [0.1, 0.15) is 25.5 Å². The van der Waals surface area contributed by atoms with Crippen molar-refractivity contribution < 1.29 is 19.0 Å². The van der Waals surface area contributed by atoms with Crippen molar-refractivity contribution in [3.8, 4) is 22.9 Å². The van der Waals surface area contributed by atoms with Crippen molar-refractivity contribution in [3.05, 3.63) is 34.2 Å². The second kappa shape index (κ2) is 11.0. The van der Waals surface area contributed by atoms with Gasteiger partial charge in [0.1, 0.15) is 5.69 Å². The third-order valence-electron chi connectivity index (χ3n) is 3.88. The Morgan fingerprint density at radius 3 is 2.68 bits per heavy atom. The van der Waals surface area contributed by atoms with Crippen molar-refractivity contribution in [1.29, 1.82) is 0 Å². The molecule has 0 aliphatic rings. The van der Waals surface area contributed by atoms with E-state index in [1.165, 1.54) is 0 Å². The largest absolute Gasteiger partial charge is 0.493 e. The van der Waals surface area contributed by atoms with E-state index in [2.05, 4.69) is 20.5 Å². The zero-order valence-electron chi connectivity index (χ0n) is 16.4. The van der Waals surface area contributed by atoms with Gasteiger partial charge in [0.2, 0.25) is 5.91 Å². The highest BCUT2D eigenvalue weighted by Gasteiger charge is 2.12. The molecule has 2 rings (SSSR count). The average Bonchev–Trinajstić information content (AvgIpc) is 2.71. The molecule has 2 aromatic rings. The van der Waals surface area contributed by atoms with Crippen LogP contribution in [-0.2, 0) is 16.0 Å². The Morgan fingerprint density at radius 2 is 2.00 bits per heavy atom. The van der Waals surface area contributed by atoms with Crippen molar-refractivity contribution in [2.45, 2.75) is 26.2 Å². The molecule has 1 amide bonds. The van der Waals surface area contributed by atoms with Crippen LogP contribution >= 0.6 is 0 Å². The molecule has 1 aromatic heterocycles. The van der Waals surface area contributed by atoms with Gasteiger partial charge in [-0.25, -0.2) is 0 Å². The number of ether oxygens (including phenoxy) is 3. The molecular weight excluding hydrogens is 364 g/mol. The van der Waals surface area contributed by atoms with Crippen LogP contribution in [0, 0.1) is 0 Å². The minimum absolute atomic E-state index is 0.151. The Kier molecular flexibility index (Phi) is 8.41. The van der Waals surface area contributed by atoms with Gasteiger partial charge in [-0.15, -0.1) is 10.2 Å². The van der Waals surface area contributed by atoms with Gasteiger partial charge in [0.15, 0.2) is 17.3 Å². The Hall–Kier alpha value is -2.94.